The fourth-order valence-electron chi connectivity index (χ4n) is 12.2. The number of amides is 10. The second-order valence-corrected chi connectivity index (χ2v) is 26.2. The summed E-state index contributed by atoms with van der Waals surface area (Å²) in [6.07, 6.45) is 8.45. The van der Waals surface area contributed by atoms with Crippen LogP contribution in [0.25, 0.3) is 0 Å². The highest BCUT2D eigenvalue weighted by molar-refractivity contribution is 7.09. The van der Waals surface area contributed by atoms with Gasteiger partial charge in [0.1, 0.15) is 34.7 Å². The maximum absolute atomic E-state index is 14.9. The fraction of sp³-hybridized carbons (Fsp3) is 0.576. The van der Waals surface area contributed by atoms with E-state index in [-0.39, 0.29) is 86.5 Å². The van der Waals surface area contributed by atoms with Crippen LogP contribution in [0.2, 0.25) is 0 Å². The number of nitrogens with two attached hydrogens (primary N) is 1. The van der Waals surface area contributed by atoms with E-state index in [1.807, 2.05) is 77.2 Å². The molecule has 1 aliphatic carbocycles. The van der Waals surface area contributed by atoms with Gasteiger partial charge in [-0.2, -0.15) is 0 Å². The van der Waals surface area contributed by atoms with Crippen molar-refractivity contribution in [1.82, 2.24) is 41.4 Å². The number of quaternary nitrogens is 1. The average Bonchev–Trinajstić information content (AvgIpc) is 1.30. The predicted molar refractivity (Wildman–Crippen MR) is 342 cm³/mol. The number of carbonyl (C=O) groups excluding carboxylic acids is 10. The molecule has 3 aromatic rings. The molecule has 2 aromatic carbocycles. The lowest BCUT2D eigenvalue weighted by Crippen LogP contribution is -2.63. The molecular weight excluding hydrogens is 1190 g/mol. The molecule has 1 saturated carbocycles. The van der Waals surface area contributed by atoms with Crippen molar-refractivity contribution in [2.75, 3.05) is 45.6 Å². The maximum atomic E-state index is 14.9. The van der Waals surface area contributed by atoms with Crippen LogP contribution in [0.5, 0.6) is 0 Å². The topological polar surface area (TPSA) is 335 Å². The molecule has 9 N–H and O–H groups in total. The number of piperidine rings is 1. The van der Waals surface area contributed by atoms with Crippen LogP contribution in [-0.4, -0.2) is 160 Å². The van der Waals surface area contributed by atoms with E-state index in [0.29, 0.717) is 86.1 Å². The van der Waals surface area contributed by atoms with E-state index in [4.69, 9.17) is 10.5 Å². The SMILES string of the molecule is CCC(C)C(NC(=O)[C@H]1CCCC[N+]1(C)Cc1ccc(NC(=O)C(CCCNC(N)=O)NC(=O)C2(C(=O)NCCCCCN3C(=O)C=CC3=O)CCC2)cc1)C(=O)N(C)C(CC(OC(C)=O)c1nc(C(=O)NC(Cc2ccccc2)CC(C)C(=O)O)cs1)C(C)C. The quantitative estimate of drug-likeness (QED) is 0.0109. The lowest BCUT2D eigenvalue weighted by molar-refractivity contribution is -0.942. The smallest absolute Gasteiger partial charge is 0.312 e. The van der Waals surface area contributed by atoms with Crippen LogP contribution < -0.4 is 37.6 Å². The highest BCUT2D eigenvalue weighted by atomic mass is 32.1. The molecule has 10 amide bonds. The van der Waals surface area contributed by atoms with Crippen molar-refractivity contribution in [1.29, 1.82) is 0 Å². The number of urea groups is 1. The molecule has 9 atom stereocenters. The third-order valence-electron chi connectivity index (χ3n) is 18.0. The van der Waals surface area contributed by atoms with Crippen LogP contribution in [0.4, 0.5) is 10.5 Å². The minimum Gasteiger partial charge on any atom is -0.481 e. The molecular formula is C66H94N11O13S+. The monoisotopic (exact) mass is 1280 g/mol. The van der Waals surface area contributed by atoms with Gasteiger partial charge in [0.25, 0.3) is 23.6 Å². The minimum atomic E-state index is -1.37. The number of benzene rings is 2. The van der Waals surface area contributed by atoms with E-state index in [2.05, 4.69) is 36.9 Å². The number of anilines is 1. The molecule has 496 valence electrons. The van der Waals surface area contributed by atoms with Gasteiger partial charge in [-0.25, -0.2) is 9.78 Å². The number of aromatic nitrogens is 1. The Morgan fingerprint density at radius 1 is 0.835 bits per heavy atom. The molecule has 91 heavy (non-hydrogen) atoms. The number of nitrogens with zero attached hydrogens (tertiary/aromatic N) is 4. The molecule has 25 heteroatoms. The second kappa shape index (κ2) is 33.8. The van der Waals surface area contributed by atoms with Crippen molar-refractivity contribution in [2.24, 2.45) is 28.9 Å². The molecule has 0 spiro atoms. The lowest BCUT2D eigenvalue weighted by Gasteiger charge is -2.44. The number of likely N-dealkylation sites (tertiary alicyclic amines) is 1. The molecule has 6 rings (SSSR count). The maximum Gasteiger partial charge on any atom is 0.312 e. The van der Waals surface area contributed by atoms with E-state index in [9.17, 15) is 57.8 Å². The first-order valence-electron chi connectivity index (χ1n) is 31.9. The summed E-state index contributed by atoms with van der Waals surface area (Å²) in [5.74, 6) is -6.05. The number of esters is 1. The predicted octanol–water partition coefficient (Wildman–Crippen LogP) is 6.06. The minimum absolute atomic E-state index is 0.0771. The highest BCUT2D eigenvalue weighted by Gasteiger charge is 2.51. The number of unbranched alkanes of at least 4 members (excludes halogenated alkanes) is 2. The number of carbonyl (C=O) groups is 11. The van der Waals surface area contributed by atoms with Gasteiger partial charge in [0, 0.05) is 87.3 Å². The second-order valence-electron chi connectivity index (χ2n) is 25.3. The zero-order valence-electron chi connectivity index (χ0n) is 53.9. The number of imide groups is 1. The number of aliphatic carboxylic acids is 1. The first-order valence-corrected chi connectivity index (χ1v) is 32.8. The molecule has 8 unspecified atom stereocenters. The Morgan fingerprint density at radius 3 is 2.13 bits per heavy atom. The Kier molecular flexibility index (Phi) is 26.8. The van der Waals surface area contributed by atoms with Gasteiger partial charge in [-0.15, -0.1) is 11.3 Å². The fourth-order valence-corrected chi connectivity index (χ4v) is 13.1. The van der Waals surface area contributed by atoms with Crippen LogP contribution in [0.3, 0.4) is 0 Å². The van der Waals surface area contributed by atoms with E-state index < -0.39 is 89.2 Å². The lowest BCUT2D eigenvalue weighted by atomic mass is 9.67. The first kappa shape index (κ1) is 72.0. The number of likely N-dealkylation sites (N-methyl/N-ethyl adjacent to an activating group) is 2. The summed E-state index contributed by atoms with van der Waals surface area (Å²) in [6.45, 7) is 12.5. The van der Waals surface area contributed by atoms with Crippen LogP contribution in [-0.2, 0) is 60.9 Å². The van der Waals surface area contributed by atoms with E-state index in [1.54, 1.807) is 36.4 Å². The standard InChI is InChI=1S/C66H93N11O13S/c1-9-42(4)56(61(84)75(7)51(41(2)3)38-53(90-44(6)78)60-72-50(40-91-60)58(82)71-48(36-43(5)62(85)86)37-45-20-12-10-13-21-45)74-59(83)52-23-14-17-35-77(52,8)39-46-24-26-47(27-25-46)70-57(81)49(22-18-33-69-65(67)89)73-64(88)66(30-19-31-66)63(87)68-32-15-11-16-34-76-54(79)28-29-55(76)80/h10,12-13,20-21,24-29,40-43,48-49,51-53,56H,9,11,14-19,22-23,30-39H2,1-8H3,(H8-,67,68,69,70,71,73,74,81,82,83,85,86,87,88,89)/p+1/t42?,43?,48?,49?,51?,52-,53?,56?,77?/m1/s1. The normalized spacial score (nSPS) is 19.1. The van der Waals surface area contributed by atoms with Crippen molar-refractivity contribution in [3.8, 4) is 0 Å². The highest BCUT2D eigenvalue weighted by Crippen LogP contribution is 2.42. The summed E-state index contributed by atoms with van der Waals surface area (Å²) in [4.78, 5) is 152. The molecule has 24 nitrogen and oxygen atoms in total. The molecule has 0 bridgehead atoms. The Bertz CT molecular complexity index is 3060. The van der Waals surface area contributed by atoms with Gasteiger partial charge in [-0.05, 0) is 100 Å². The van der Waals surface area contributed by atoms with Crippen LogP contribution >= 0.6 is 11.3 Å². The Labute approximate surface area is 537 Å². The number of carboxylic acid groups (broad SMARTS) is 1. The van der Waals surface area contributed by atoms with Gasteiger partial charge in [0.05, 0.1) is 19.5 Å². The van der Waals surface area contributed by atoms with Gasteiger partial charge >= 0.3 is 18.0 Å². The van der Waals surface area contributed by atoms with Crippen LogP contribution in [0.1, 0.15) is 164 Å². The average molecular weight is 1280 g/mol. The zero-order chi connectivity index (χ0) is 66.6. The molecule has 1 aromatic heterocycles. The molecule has 3 heterocycles. The van der Waals surface area contributed by atoms with Crippen LogP contribution in [0, 0.1) is 23.2 Å². The third kappa shape index (κ3) is 20.2. The molecule has 0 radical (unpaired) electrons. The molecule has 2 fully saturated rings. The van der Waals surface area contributed by atoms with Gasteiger partial charge in [-0.1, -0.05) is 89.9 Å². The van der Waals surface area contributed by atoms with Gasteiger partial charge in [0.15, 0.2) is 12.1 Å². The number of thiazole rings is 1. The number of ether oxygens (including phenoxy) is 1. The van der Waals surface area contributed by atoms with Crippen molar-refractivity contribution >= 4 is 82.3 Å². The summed E-state index contributed by atoms with van der Waals surface area (Å²) < 4.78 is 6.22. The zero-order valence-corrected chi connectivity index (χ0v) is 54.7. The molecule has 3 aliphatic rings. The summed E-state index contributed by atoms with van der Waals surface area (Å²) in [7, 11) is 3.72. The van der Waals surface area contributed by atoms with Gasteiger partial charge in [-0.3, -0.25) is 52.8 Å². The van der Waals surface area contributed by atoms with Gasteiger partial charge < -0.3 is 56.9 Å². The van der Waals surface area contributed by atoms with Crippen LogP contribution in [0.15, 0.2) is 72.1 Å². The number of hydrogen-bond acceptors (Lipinski definition) is 14. The summed E-state index contributed by atoms with van der Waals surface area (Å²) in [5, 5.41) is 28.9. The molecule has 1 saturated heterocycles. The van der Waals surface area contributed by atoms with E-state index in [1.165, 1.54) is 24.0 Å². The Morgan fingerprint density at radius 2 is 1.52 bits per heavy atom. The van der Waals surface area contributed by atoms with E-state index >= 15 is 0 Å². The number of carboxylic acids is 1. The largest absolute Gasteiger partial charge is 0.481 e. The summed E-state index contributed by atoms with van der Waals surface area (Å²) >= 11 is 1.14. The van der Waals surface area contributed by atoms with Crippen molar-refractivity contribution in [3.05, 3.63) is 94.0 Å². The third-order valence-corrected chi connectivity index (χ3v) is 19.0. The summed E-state index contributed by atoms with van der Waals surface area (Å²) in [6, 6.07) is 12.4. The van der Waals surface area contributed by atoms with Crippen molar-refractivity contribution in [2.45, 2.75) is 181 Å². The molecule has 2 aliphatic heterocycles. The Hall–Kier alpha value is -8.06. The number of rotatable bonds is 35. The van der Waals surface area contributed by atoms with E-state index in [0.717, 1.165) is 35.3 Å². The number of hydrogen-bond donors (Lipinski definition) is 8. The van der Waals surface area contributed by atoms with Crippen molar-refractivity contribution in [3.63, 3.8) is 0 Å². The number of primary amides is 1. The van der Waals surface area contributed by atoms with Gasteiger partial charge in [0.2, 0.25) is 23.6 Å². The first-order chi connectivity index (χ1) is 43.2. The van der Waals surface area contributed by atoms with Crippen molar-refractivity contribution < 1.29 is 67.1 Å². The summed E-state index contributed by atoms with van der Waals surface area (Å²) in [5.41, 5.74) is 6.24. The Balaban J connectivity index is 1.09. The number of nitrogens with one attached hydrogen (secondary N) is 6.